The number of carboxylic acids is 1. The molecule has 0 spiro atoms. The lowest BCUT2D eigenvalue weighted by Crippen LogP contribution is -2.38. The van der Waals surface area contributed by atoms with Crippen molar-refractivity contribution >= 4 is 16.9 Å². The van der Waals surface area contributed by atoms with Gasteiger partial charge in [-0.15, -0.1) is 0 Å². The average Bonchev–Trinajstić information content (AvgIpc) is 2.74. The number of hydrogen-bond donors (Lipinski definition) is 2. The van der Waals surface area contributed by atoms with Gasteiger partial charge in [-0.25, -0.2) is 4.79 Å². The number of aliphatic hydroxyl groups is 1. The van der Waals surface area contributed by atoms with Gasteiger partial charge in [-0.2, -0.15) is 0 Å². The van der Waals surface area contributed by atoms with Gasteiger partial charge in [0.25, 0.3) is 0 Å². The Hall–Kier alpha value is -1.85. The number of carboxylic acid groups (broad SMARTS) is 1. The van der Waals surface area contributed by atoms with E-state index in [0.717, 1.165) is 0 Å². The molecule has 5 heteroatoms. The SMILES string of the molecule is CCN(Cc1oc2ccccc2c1C(=O)O)CC(C)(C)O. The standard InChI is InChI=1S/C16H21NO4/c1-4-17(10-16(2,3)20)9-13-14(15(18)19)11-7-5-6-8-12(11)21-13/h5-8,20H,4,9-10H2,1-3H3,(H,18,19). The maximum absolute atomic E-state index is 11.5. The smallest absolute Gasteiger partial charge is 0.339 e. The highest BCUT2D eigenvalue weighted by molar-refractivity contribution is 6.03. The number of furan rings is 1. The Kier molecular flexibility index (Phi) is 4.34. The molecule has 1 aromatic heterocycles. The van der Waals surface area contributed by atoms with Crippen molar-refractivity contribution in [1.82, 2.24) is 4.90 Å². The number of nitrogens with zero attached hydrogens (tertiary/aromatic N) is 1. The second-order valence-electron chi connectivity index (χ2n) is 5.82. The van der Waals surface area contributed by atoms with E-state index in [9.17, 15) is 15.0 Å². The van der Waals surface area contributed by atoms with E-state index >= 15 is 0 Å². The first kappa shape index (κ1) is 15.5. The molecule has 0 atom stereocenters. The molecular weight excluding hydrogens is 270 g/mol. The normalized spacial score (nSPS) is 12.2. The van der Waals surface area contributed by atoms with Crippen molar-refractivity contribution in [3.05, 3.63) is 35.6 Å². The molecular formula is C16H21NO4. The highest BCUT2D eigenvalue weighted by atomic mass is 16.4. The van der Waals surface area contributed by atoms with Gasteiger partial charge in [-0.1, -0.05) is 25.1 Å². The molecule has 1 heterocycles. The maximum atomic E-state index is 11.5. The number of rotatable bonds is 6. The number of likely N-dealkylation sites (N-methyl/N-ethyl adjacent to an activating group) is 1. The third-order valence-corrected chi connectivity index (χ3v) is 3.31. The zero-order valence-electron chi connectivity index (χ0n) is 12.6. The minimum absolute atomic E-state index is 0.208. The van der Waals surface area contributed by atoms with Gasteiger partial charge < -0.3 is 14.6 Å². The van der Waals surface area contributed by atoms with Crippen molar-refractivity contribution in [3.8, 4) is 0 Å². The van der Waals surface area contributed by atoms with E-state index in [1.807, 2.05) is 17.9 Å². The Bertz CT molecular complexity index is 639. The van der Waals surface area contributed by atoms with Gasteiger partial charge in [0.1, 0.15) is 16.9 Å². The monoisotopic (exact) mass is 291 g/mol. The largest absolute Gasteiger partial charge is 0.478 e. The van der Waals surface area contributed by atoms with Crippen LogP contribution in [0, 0.1) is 0 Å². The fourth-order valence-electron chi connectivity index (χ4n) is 2.47. The second-order valence-corrected chi connectivity index (χ2v) is 5.82. The molecule has 5 nitrogen and oxygen atoms in total. The molecule has 0 fully saturated rings. The highest BCUT2D eigenvalue weighted by Gasteiger charge is 2.24. The molecule has 2 rings (SSSR count). The molecule has 2 N–H and O–H groups in total. The fraction of sp³-hybridized carbons (Fsp3) is 0.438. The molecule has 21 heavy (non-hydrogen) atoms. The number of carbonyl (C=O) groups is 1. The van der Waals surface area contributed by atoms with E-state index < -0.39 is 11.6 Å². The molecule has 0 amide bonds. The summed E-state index contributed by atoms with van der Waals surface area (Å²) in [5, 5.41) is 20.0. The van der Waals surface area contributed by atoms with Crippen LogP contribution in [0.2, 0.25) is 0 Å². The van der Waals surface area contributed by atoms with Crippen LogP contribution in [0.4, 0.5) is 0 Å². The molecule has 0 aliphatic heterocycles. The van der Waals surface area contributed by atoms with Crippen LogP contribution < -0.4 is 0 Å². The summed E-state index contributed by atoms with van der Waals surface area (Å²) in [6, 6.07) is 7.12. The average molecular weight is 291 g/mol. The van der Waals surface area contributed by atoms with Gasteiger partial charge in [0.05, 0.1) is 12.1 Å². The first-order valence-corrected chi connectivity index (χ1v) is 7.00. The number of aromatic carboxylic acids is 1. The summed E-state index contributed by atoms with van der Waals surface area (Å²) >= 11 is 0. The summed E-state index contributed by atoms with van der Waals surface area (Å²) in [6.45, 7) is 6.92. The third kappa shape index (κ3) is 3.62. The molecule has 0 unspecified atom stereocenters. The minimum Gasteiger partial charge on any atom is -0.478 e. The van der Waals surface area contributed by atoms with E-state index in [4.69, 9.17) is 4.42 Å². The van der Waals surface area contributed by atoms with Gasteiger partial charge in [0.2, 0.25) is 0 Å². The molecule has 0 aliphatic carbocycles. The molecule has 0 bridgehead atoms. The van der Waals surface area contributed by atoms with Crippen LogP contribution in [-0.4, -0.2) is 39.8 Å². The predicted molar refractivity (Wildman–Crippen MR) is 80.4 cm³/mol. The van der Waals surface area contributed by atoms with Crippen molar-refractivity contribution in [1.29, 1.82) is 0 Å². The lowest BCUT2D eigenvalue weighted by Gasteiger charge is -2.27. The Morgan fingerprint density at radius 3 is 2.57 bits per heavy atom. The van der Waals surface area contributed by atoms with Gasteiger partial charge in [-0.3, -0.25) is 4.90 Å². The van der Waals surface area contributed by atoms with E-state index in [0.29, 0.717) is 36.4 Å². The van der Waals surface area contributed by atoms with Gasteiger partial charge in [0, 0.05) is 11.9 Å². The van der Waals surface area contributed by atoms with Crippen LogP contribution in [0.3, 0.4) is 0 Å². The first-order valence-electron chi connectivity index (χ1n) is 7.00. The molecule has 1 aromatic carbocycles. The number of para-hydroxylation sites is 1. The molecule has 2 aromatic rings. The summed E-state index contributed by atoms with van der Waals surface area (Å²) < 4.78 is 5.70. The fourth-order valence-corrected chi connectivity index (χ4v) is 2.47. The molecule has 0 aliphatic rings. The van der Waals surface area contributed by atoms with Gasteiger partial charge in [-0.05, 0) is 26.5 Å². The Labute approximate surface area is 123 Å². The number of hydrogen-bond acceptors (Lipinski definition) is 4. The Morgan fingerprint density at radius 2 is 2.00 bits per heavy atom. The minimum atomic E-state index is -0.991. The lowest BCUT2D eigenvalue weighted by atomic mass is 10.1. The zero-order valence-corrected chi connectivity index (χ0v) is 12.6. The second kappa shape index (κ2) is 5.87. The van der Waals surface area contributed by atoms with Crippen LogP contribution in [0.1, 0.15) is 36.9 Å². The zero-order chi connectivity index (χ0) is 15.6. The summed E-state index contributed by atoms with van der Waals surface area (Å²) in [7, 11) is 0. The number of fused-ring (bicyclic) bond motifs is 1. The van der Waals surface area contributed by atoms with Crippen LogP contribution in [0.25, 0.3) is 11.0 Å². The first-order chi connectivity index (χ1) is 9.81. The van der Waals surface area contributed by atoms with Crippen LogP contribution in [0.5, 0.6) is 0 Å². The predicted octanol–water partition coefficient (Wildman–Crippen LogP) is 2.72. The summed E-state index contributed by atoms with van der Waals surface area (Å²) in [4.78, 5) is 13.5. The quantitative estimate of drug-likeness (QED) is 0.856. The van der Waals surface area contributed by atoms with Crippen LogP contribution in [0.15, 0.2) is 28.7 Å². The van der Waals surface area contributed by atoms with Crippen molar-refractivity contribution in [3.63, 3.8) is 0 Å². The van der Waals surface area contributed by atoms with Crippen molar-refractivity contribution < 1.29 is 19.4 Å². The van der Waals surface area contributed by atoms with Crippen molar-refractivity contribution in [2.24, 2.45) is 0 Å². The van der Waals surface area contributed by atoms with Crippen LogP contribution in [-0.2, 0) is 6.54 Å². The maximum Gasteiger partial charge on any atom is 0.339 e. The Balaban J connectivity index is 2.37. The molecule has 0 saturated heterocycles. The van der Waals surface area contributed by atoms with Crippen LogP contribution >= 0.6 is 0 Å². The lowest BCUT2D eigenvalue weighted by molar-refractivity contribution is 0.0333. The third-order valence-electron chi connectivity index (χ3n) is 3.31. The van der Waals surface area contributed by atoms with E-state index in [1.165, 1.54) is 0 Å². The van der Waals surface area contributed by atoms with E-state index in [-0.39, 0.29) is 5.56 Å². The molecule has 0 saturated carbocycles. The Morgan fingerprint density at radius 1 is 1.33 bits per heavy atom. The van der Waals surface area contributed by atoms with Gasteiger partial charge in [0.15, 0.2) is 0 Å². The van der Waals surface area contributed by atoms with E-state index in [2.05, 4.69) is 0 Å². The summed E-state index contributed by atoms with van der Waals surface area (Å²) in [5.74, 6) is -0.566. The topological polar surface area (TPSA) is 73.9 Å². The highest BCUT2D eigenvalue weighted by Crippen LogP contribution is 2.27. The van der Waals surface area contributed by atoms with Gasteiger partial charge >= 0.3 is 5.97 Å². The number of benzene rings is 1. The summed E-state index contributed by atoms with van der Waals surface area (Å²) in [6.07, 6.45) is 0. The van der Waals surface area contributed by atoms with Crippen molar-refractivity contribution in [2.45, 2.75) is 32.9 Å². The molecule has 0 radical (unpaired) electrons. The summed E-state index contributed by atoms with van der Waals surface area (Å²) in [5.41, 5.74) is -0.0604. The van der Waals surface area contributed by atoms with E-state index in [1.54, 1.807) is 32.0 Å². The van der Waals surface area contributed by atoms with Crippen molar-refractivity contribution in [2.75, 3.05) is 13.1 Å². The molecule has 114 valence electrons.